The van der Waals surface area contributed by atoms with Gasteiger partial charge in [-0.05, 0) is 92.1 Å². The van der Waals surface area contributed by atoms with Crippen molar-refractivity contribution < 1.29 is 23.3 Å². The predicted molar refractivity (Wildman–Crippen MR) is 162 cm³/mol. The molecule has 3 N–H and O–H groups in total. The lowest BCUT2D eigenvalue weighted by Crippen LogP contribution is -2.19. The number of aromatic nitrogens is 2. The van der Waals surface area contributed by atoms with E-state index in [1.54, 1.807) is 18.2 Å². The Bertz CT molecular complexity index is 1840. The van der Waals surface area contributed by atoms with Crippen molar-refractivity contribution in [1.29, 1.82) is 0 Å². The van der Waals surface area contributed by atoms with Gasteiger partial charge in [-0.3, -0.25) is 10.1 Å². The molecule has 0 spiro atoms. The van der Waals surface area contributed by atoms with Crippen molar-refractivity contribution in [3.05, 3.63) is 106 Å². The summed E-state index contributed by atoms with van der Waals surface area (Å²) in [6.07, 6.45) is 4.84. The first-order chi connectivity index (χ1) is 20.8. The molecule has 2 heterocycles. The third-order valence-corrected chi connectivity index (χ3v) is 7.70. The number of nitrogens with two attached hydrogens (primary N) is 1. The third kappa shape index (κ3) is 6.24. The summed E-state index contributed by atoms with van der Waals surface area (Å²) in [5.74, 6) is 0.565. The molecular weight excluding hydrogens is 551 g/mol. The summed E-state index contributed by atoms with van der Waals surface area (Å²) < 4.78 is 24.5. The summed E-state index contributed by atoms with van der Waals surface area (Å²) >= 11 is 0. The number of rotatable bonds is 5. The number of halogens is 1. The number of nitrogen functional groups attached to an aromatic ring is 1. The van der Waals surface area contributed by atoms with Crippen molar-refractivity contribution in [3.8, 4) is 22.9 Å². The van der Waals surface area contributed by atoms with Gasteiger partial charge < -0.3 is 19.7 Å². The van der Waals surface area contributed by atoms with Crippen LogP contribution in [0.5, 0.6) is 0 Å². The Morgan fingerprint density at radius 2 is 1.40 bits per heavy atom. The predicted octanol–water partition coefficient (Wildman–Crippen LogP) is 7.71. The van der Waals surface area contributed by atoms with E-state index in [0.717, 1.165) is 66.6 Å². The normalized spacial score (nSPS) is 16.6. The molecule has 0 bridgehead atoms. The smallest absolute Gasteiger partial charge is 0.305 e. The minimum Gasteiger partial charge on any atom is -0.436 e. The molecular formula is C33H29FN4O5. The Labute approximate surface area is 246 Å². The zero-order valence-corrected chi connectivity index (χ0v) is 23.2. The summed E-state index contributed by atoms with van der Waals surface area (Å²) in [6.45, 7) is 0. The van der Waals surface area contributed by atoms with Crippen LogP contribution in [0.3, 0.4) is 0 Å². The van der Waals surface area contributed by atoms with Crippen molar-refractivity contribution in [2.24, 2.45) is 5.92 Å². The molecule has 43 heavy (non-hydrogen) atoms. The second-order valence-corrected chi connectivity index (χ2v) is 10.7. The molecule has 1 aliphatic carbocycles. The minimum absolute atomic E-state index is 0.111. The van der Waals surface area contributed by atoms with Crippen molar-refractivity contribution in [1.82, 2.24) is 9.97 Å². The van der Waals surface area contributed by atoms with Gasteiger partial charge in [0.15, 0.2) is 11.2 Å². The Morgan fingerprint density at radius 3 is 1.95 bits per heavy atom. The maximum atomic E-state index is 13.2. The fourth-order valence-electron chi connectivity index (χ4n) is 5.35. The van der Waals surface area contributed by atoms with Crippen molar-refractivity contribution in [3.63, 3.8) is 0 Å². The van der Waals surface area contributed by atoms with Crippen molar-refractivity contribution >= 4 is 33.6 Å². The Hall–Kier alpha value is -5.09. The molecule has 10 heteroatoms. The van der Waals surface area contributed by atoms with E-state index in [2.05, 4.69) is 16.0 Å². The molecule has 0 saturated heterocycles. The number of nitrogens with zero attached hydrogens (tertiary/aromatic N) is 3. The largest absolute Gasteiger partial charge is 0.436 e. The van der Waals surface area contributed by atoms with Crippen LogP contribution >= 0.6 is 0 Å². The lowest BCUT2D eigenvalue weighted by atomic mass is 9.83. The van der Waals surface area contributed by atoms with Crippen LogP contribution in [-0.2, 0) is 6.42 Å². The molecule has 2 aromatic heterocycles. The third-order valence-electron chi connectivity index (χ3n) is 7.70. The number of anilines is 1. The fourth-order valence-corrected chi connectivity index (χ4v) is 5.35. The molecule has 0 aliphatic heterocycles. The van der Waals surface area contributed by atoms with Crippen LogP contribution in [-0.4, -0.2) is 26.1 Å². The van der Waals surface area contributed by atoms with Gasteiger partial charge in [0.25, 0.3) is 0 Å². The number of hydrogen-bond acceptors (Lipinski definition) is 8. The number of nitro groups is 1. The fraction of sp³-hybridized carbons (Fsp3) is 0.212. The summed E-state index contributed by atoms with van der Waals surface area (Å²) in [6, 6.07) is 24.5. The Balaban J connectivity index is 0.000000157. The minimum atomic E-state index is -0.884. The average Bonchev–Trinajstić information content (AvgIpc) is 3.64. The highest BCUT2D eigenvalue weighted by Crippen LogP contribution is 2.32. The molecule has 1 fully saturated rings. The van der Waals surface area contributed by atoms with Crippen LogP contribution < -0.4 is 5.73 Å². The van der Waals surface area contributed by atoms with Gasteiger partial charge in [-0.1, -0.05) is 30.3 Å². The van der Waals surface area contributed by atoms with Crippen LogP contribution in [0.4, 0.5) is 15.8 Å². The highest BCUT2D eigenvalue weighted by atomic mass is 19.1. The topological polar surface area (TPSA) is 141 Å². The Morgan fingerprint density at radius 1 is 0.837 bits per heavy atom. The molecule has 6 aromatic rings. The van der Waals surface area contributed by atoms with Gasteiger partial charge in [0.1, 0.15) is 11.0 Å². The van der Waals surface area contributed by atoms with Gasteiger partial charge in [-0.2, -0.15) is 4.39 Å². The maximum Gasteiger partial charge on any atom is 0.305 e. The first-order valence-corrected chi connectivity index (χ1v) is 14.1. The van der Waals surface area contributed by atoms with Crippen molar-refractivity contribution in [2.45, 2.75) is 38.2 Å². The number of oxazole rings is 2. The maximum absolute atomic E-state index is 13.2. The number of para-hydroxylation sites is 4. The number of fused-ring (bicyclic) bond motifs is 2. The van der Waals surface area contributed by atoms with E-state index in [-0.39, 0.29) is 12.0 Å². The summed E-state index contributed by atoms with van der Waals surface area (Å²) in [5.41, 5.74) is 11.8. The number of hydrogen-bond donors (Lipinski definition) is 2. The molecule has 0 radical (unpaired) electrons. The standard InChI is InChI=1S/C20H22N2O2.C13H7FN2O3/c21-17-12-15(20-22-18-3-1-2-4-19(18)24-20)8-7-14(17)11-13-5-9-16(23)10-6-13;14-9-6-5-8(7-11(9)16(17)18)13-15-10-3-1-2-4-12(10)19-13/h1-4,7-8,12-13,16,23H,5-6,9-11,21H2;1-7H. The lowest BCUT2D eigenvalue weighted by molar-refractivity contribution is -0.387. The van der Waals surface area contributed by atoms with Gasteiger partial charge in [0.05, 0.1) is 11.0 Å². The van der Waals surface area contributed by atoms with Gasteiger partial charge in [-0.15, -0.1) is 0 Å². The van der Waals surface area contributed by atoms with Crippen LogP contribution in [0.25, 0.3) is 45.1 Å². The van der Waals surface area contributed by atoms with Crippen LogP contribution in [0.1, 0.15) is 31.2 Å². The second kappa shape index (κ2) is 12.0. The number of aliphatic hydroxyl groups is 1. The van der Waals surface area contributed by atoms with E-state index >= 15 is 0 Å². The summed E-state index contributed by atoms with van der Waals surface area (Å²) in [7, 11) is 0. The molecule has 1 aliphatic rings. The molecule has 0 amide bonds. The van der Waals surface area contributed by atoms with Gasteiger partial charge >= 0.3 is 5.69 Å². The van der Waals surface area contributed by atoms with E-state index in [1.807, 2.05) is 42.5 Å². The second-order valence-electron chi connectivity index (χ2n) is 10.7. The first kappa shape index (κ1) is 28.0. The van der Waals surface area contributed by atoms with Crippen LogP contribution in [0, 0.1) is 21.8 Å². The molecule has 1 saturated carbocycles. The number of nitro benzene ring substituents is 1. The molecule has 4 aromatic carbocycles. The van der Waals surface area contributed by atoms with Crippen LogP contribution in [0.15, 0.2) is 93.8 Å². The van der Waals surface area contributed by atoms with E-state index in [0.29, 0.717) is 28.5 Å². The lowest BCUT2D eigenvalue weighted by Gasteiger charge is -2.25. The van der Waals surface area contributed by atoms with E-state index in [4.69, 9.17) is 14.6 Å². The zero-order valence-electron chi connectivity index (χ0n) is 23.2. The quantitative estimate of drug-likeness (QED) is 0.120. The molecule has 7 rings (SSSR count). The van der Waals surface area contributed by atoms with E-state index in [1.165, 1.54) is 11.6 Å². The number of benzene rings is 4. The molecule has 0 atom stereocenters. The van der Waals surface area contributed by atoms with Gasteiger partial charge in [0.2, 0.25) is 17.6 Å². The van der Waals surface area contributed by atoms with Crippen LogP contribution in [0.2, 0.25) is 0 Å². The monoisotopic (exact) mass is 580 g/mol. The van der Waals surface area contributed by atoms with Crippen molar-refractivity contribution in [2.75, 3.05) is 5.73 Å². The average molecular weight is 581 g/mol. The summed E-state index contributed by atoms with van der Waals surface area (Å²) in [4.78, 5) is 18.6. The highest BCUT2D eigenvalue weighted by molar-refractivity contribution is 5.77. The van der Waals surface area contributed by atoms with Gasteiger partial charge in [-0.25, -0.2) is 9.97 Å². The van der Waals surface area contributed by atoms with E-state index < -0.39 is 16.4 Å². The molecule has 0 unspecified atom stereocenters. The zero-order chi connectivity index (χ0) is 29.9. The molecule has 9 nitrogen and oxygen atoms in total. The summed E-state index contributed by atoms with van der Waals surface area (Å²) in [5, 5.41) is 20.3. The Kier molecular flexibility index (Phi) is 7.84. The SMILES string of the molecule is Nc1cc(-c2nc3ccccc3o2)ccc1CC1CCC(O)CC1.O=[N+]([O-])c1cc(-c2nc3ccccc3o2)ccc1F. The van der Waals surface area contributed by atoms with Gasteiger partial charge in [0, 0.05) is 22.9 Å². The highest BCUT2D eigenvalue weighted by Gasteiger charge is 2.21. The first-order valence-electron chi connectivity index (χ1n) is 14.1. The molecule has 218 valence electrons. The van der Waals surface area contributed by atoms with E-state index in [9.17, 15) is 19.6 Å². The number of aliphatic hydroxyl groups excluding tert-OH is 1.